The van der Waals surface area contributed by atoms with Crippen LogP contribution in [0, 0.1) is 0 Å². The maximum atomic E-state index is 13.5. The summed E-state index contributed by atoms with van der Waals surface area (Å²) in [6.07, 6.45) is -3.44. The Morgan fingerprint density at radius 1 is 1.09 bits per heavy atom. The summed E-state index contributed by atoms with van der Waals surface area (Å²) in [7, 11) is -2.48. The molecule has 3 aromatic rings. The highest BCUT2D eigenvalue weighted by molar-refractivity contribution is 7.92. The quantitative estimate of drug-likeness (QED) is 0.457. The molecule has 1 atom stereocenters. The van der Waals surface area contributed by atoms with E-state index >= 15 is 0 Å². The average Bonchev–Trinajstić information content (AvgIpc) is 3.20. The van der Waals surface area contributed by atoms with E-state index in [-0.39, 0.29) is 16.1 Å². The van der Waals surface area contributed by atoms with Gasteiger partial charge < -0.3 is 15.0 Å². The minimum atomic E-state index is -5.01. The van der Waals surface area contributed by atoms with Gasteiger partial charge in [0, 0.05) is 43.7 Å². The van der Waals surface area contributed by atoms with E-state index < -0.39 is 46.5 Å². The minimum absolute atomic E-state index is 0.0664. The van der Waals surface area contributed by atoms with Crippen molar-refractivity contribution in [3.8, 4) is 0 Å². The standard InChI is InChI=1S/C21H21F3N4O4S/c1-28-14-13-26-19(28)20(30,21(22,23)24)11-12-25-18(29)15-7-9-16(10-8-15)27-33(31,32)17-5-3-2-4-6-17/h2-10,13-14,27,30H,11-12H2,1H3,(H,25,29). The predicted octanol–water partition coefficient (Wildman–Crippen LogP) is 2.79. The van der Waals surface area contributed by atoms with E-state index in [9.17, 15) is 31.5 Å². The van der Waals surface area contributed by atoms with Crippen molar-refractivity contribution in [2.24, 2.45) is 7.05 Å². The highest BCUT2D eigenvalue weighted by Gasteiger charge is 2.57. The molecular weight excluding hydrogens is 461 g/mol. The molecule has 0 saturated carbocycles. The highest BCUT2D eigenvalue weighted by Crippen LogP contribution is 2.40. The second-order valence-corrected chi connectivity index (χ2v) is 8.90. The Kier molecular flexibility index (Phi) is 6.79. The lowest BCUT2D eigenvalue weighted by Gasteiger charge is -2.30. The third-order valence-corrected chi connectivity index (χ3v) is 6.28. The van der Waals surface area contributed by atoms with E-state index in [1.54, 1.807) is 18.2 Å². The molecule has 0 aliphatic carbocycles. The Morgan fingerprint density at radius 2 is 1.73 bits per heavy atom. The van der Waals surface area contributed by atoms with Crippen molar-refractivity contribution >= 4 is 21.6 Å². The van der Waals surface area contributed by atoms with Gasteiger partial charge in [-0.15, -0.1) is 0 Å². The fourth-order valence-electron chi connectivity index (χ4n) is 3.11. The van der Waals surface area contributed by atoms with E-state index in [1.165, 1.54) is 49.6 Å². The van der Waals surface area contributed by atoms with Crippen molar-refractivity contribution in [1.82, 2.24) is 14.9 Å². The fraction of sp³-hybridized carbons (Fsp3) is 0.238. The van der Waals surface area contributed by atoms with Crippen LogP contribution in [0.3, 0.4) is 0 Å². The van der Waals surface area contributed by atoms with Gasteiger partial charge in [0.05, 0.1) is 4.90 Å². The molecule has 12 heteroatoms. The van der Waals surface area contributed by atoms with Crippen molar-refractivity contribution in [3.05, 3.63) is 78.4 Å². The van der Waals surface area contributed by atoms with Gasteiger partial charge in [0.15, 0.2) is 0 Å². The minimum Gasteiger partial charge on any atom is -0.374 e. The third-order valence-electron chi connectivity index (χ3n) is 4.89. The molecule has 2 aromatic carbocycles. The summed E-state index contributed by atoms with van der Waals surface area (Å²) in [5, 5.41) is 12.6. The number of carbonyl (C=O) groups is 1. The van der Waals surface area contributed by atoms with E-state index in [2.05, 4.69) is 15.0 Å². The number of hydrogen-bond donors (Lipinski definition) is 3. The third kappa shape index (κ3) is 5.34. The van der Waals surface area contributed by atoms with Gasteiger partial charge in [-0.2, -0.15) is 13.2 Å². The van der Waals surface area contributed by atoms with Crippen LogP contribution in [-0.4, -0.2) is 41.7 Å². The number of rotatable bonds is 8. The number of carbonyl (C=O) groups excluding carboxylic acids is 1. The van der Waals surface area contributed by atoms with Crippen molar-refractivity contribution in [2.75, 3.05) is 11.3 Å². The van der Waals surface area contributed by atoms with Gasteiger partial charge in [-0.1, -0.05) is 18.2 Å². The number of anilines is 1. The summed E-state index contributed by atoms with van der Waals surface area (Å²) < 4.78 is 68.7. The first-order chi connectivity index (χ1) is 15.4. The van der Waals surface area contributed by atoms with Crippen LogP contribution < -0.4 is 10.0 Å². The van der Waals surface area contributed by atoms with Gasteiger partial charge in [0.1, 0.15) is 5.82 Å². The van der Waals surface area contributed by atoms with E-state index in [0.717, 1.165) is 10.8 Å². The summed E-state index contributed by atoms with van der Waals surface area (Å²) in [5.41, 5.74) is -2.93. The summed E-state index contributed by atoms with van der Waals surface area (Å²) >= 11 is 0. The second-order valence-electron chi connectivity index (χ2n) is 7.22. The summed E-state index contributed by atoms with van der Waals surface area (Å²) in [6, 6.07) is 13.1. The van der Waals surface area contributed by atoms with E-state index in [4.69, 9.17) is 0 Å². The molecule has 1 heterocycles. The Balaban J connectivity index is 1.63. The zero-order valence-corrected chi connectivity index (χ0v) is 18.2. The summed E-state index contributed by atoms with van der Waals surface area (Å²) in [4.78, 5) is 16.0. The average molecular weight is 482 g/mol. The molecule has 0 saturated heterocycles. The molecule has 3 N–H and O–H groups in total. The Morgan fingerprint density at radius 3 is 2.27 bits per heavy atom. The lowest BCUT2D eigenvalue weighted by atomic mass is 9.97. The second kappa shape index (κ2) is 9.24. The van der Waals surface area contributed by atoms with Gasteiger partial charge in [0.25, 0.3) is 15.9 Å². The number of hydrogen-bond acceptors (Lipinski definition) is 5. The van der Waals surface area contributed by atoms with Crippen LogP contribution in [0.4, 0.5) is 18.9 Å². The number of halogens is 3. The largest absolute Gasteiger partial charge is 0.424 e. The highest BCUT2D eigenvalue weighted by atomic mass is 32.2. The first-order valence-corrected chi connectivity index (χ1v) is 11.2. The van der Waals surface area contributed by atoms with Crippen molar-refractivity contribution in [3.63, 3.8) is 0 Å². The monoisotopic (exact) mass is 482 g/mol. The molecule has 0 radical (unpaired) electrons. The fourth-order valence-corrected chi connectivity index (χ4v) is 4.19. The molecule has 176 valence electrons. The maximum Gasteiger partial charge on any atom is 0.424 e. The van der Waals surface area contributed by atoms with Gasteiger partial charge in [-0.05, 0) is 36.4 Å². The summed E-state index contributed by atoms with van der Waals surface area (Å²) in [6.45, 7) is -0.482. The van der Waals surface area contributed by atoms with Crippen LogP contribution in [-0.2, 0) is 22.7 Å². The zero-order chi connectivity index (χ0) is 24.3. The number of aryl methyl sites for hydroxylation is 1. The number of nitrogens with zero attached hydrogens (tertiary/aromatic N) is 2. The molecule has 0 aliphatic heterocycles. The number of aromatic nitrogens is 2. The Hall–Kier alpha value is -3.38. The number of alkyl halides is 3. The van der Waals surface area contributed by atoms with Crippen LogP contribution in [0.15, 0.2) is 71.9 Å². The topological polar surface area (TPSA) is 113 Å². The van der Waals surface area contributed by atoms with Crippen LogP contribution >= 0.6 is 0 Å². The number of imidazole rings is 1. The number of nitrogens with one attached hydrogen (secondary N) is 2. The molecule has 1 amide bonds. The first kappa shape index (κ1) is 24.3. The molecule has 1 unspecified atom stereocenters. The van der Waals surface area contributed by atoms with Crippen LogP contribution in [0.25, 0.3) is 0 Å². The lowest BCUT2D eigenvalue weighted by Crippen LogP contribution is -2.46. The molecule has 0 spiro atoms. The predicted molar refractivity (Wildman–Crippen MR) is 114 cm³/mol. The van der Waals surface area contributed by atoms with Crippen LogP contribution in [0.5, 0.6) is 0 Å². The number of aliphatic hydroxyl groups is 1. The number of sulfonamides is 1. The molecule has 0 aliphatic rings. The molecule has 0 bridgehead atoms. The Bertz CT molecular complexity index is 1210. The number of amides is 1. The first-order valence-electron chi connectivity index (χ1n) is 9.67. The summed E-state index contributed by atoms with van der Waals surface area (Å²) in [5.74, 6) is -1.27. The molecule has 33 heavy (non-hydrogen) atoms. The molecular formula is C21H21F3N4O4S. The Labute approximate surface area is 188 Å². The number of benzene rings is 2. The zero-order valence-electron chi connectivity index (χ0n) is 17.4. The van der Waals surface area contributed by atoms with Crippen molar-refractivity contribution in [2.45, 2.75) is 23.1 Å². The molecule has 8 nitrogen and oxygen atoms in total. The van der Waals surface area contributed by atoms with Gasteiger partial charge >= 0.3 is 6.18 Å². The van der Waals surface area contributed by atoms with Crippen molar-refractivity contribution in [1.29, 1.82) is 0 Å². The smallest absolute Gasteiger partial charge is 0.374 e. The van der Waals surface area contributed by atoms with Crippen LogP contribution in [0.1, 0.15) is 22.6 Å². The normalized spacial score (nSPS) is 13.8. The van der Waals surface area contributed by atoms with Gasteiger partial charge in [0.2, 0.25) is 5.60 Å². The van der Waals surface area contributed by atoms with Crippen LogP contribution in [0.2, 0.25) is 0 Å². The van der Waals surface area contributed by atoms with Gasteiger partial charge in [-0.3, -0.25) is 9.52 Å². The molecule has 1 aromatic heterocycles. The van der Waals surface area contributed by atoms with E-state index in [1.807, 2.05) is 0 Å². The van der Waals surface area contributed by atoms with E-state index in [0.29, 0.717) is 0 Å². The lowest BCUT2D eigenvalue weighted by molar-refractivity contribution is -0.272. The molecule has 3 rings (SSSR count). The molecule has 0 fully saturated rings. The maximum absolute atomic E-state index is 13.5. The SMILES string of the molecule is Cn1ccnc1C(O)(CCNC(=O)c1ccc(NS(=O)(=O)c2ccccc2)cc1)C(F)(F)F. The van der Waals surface area contributed by atoms with Crippen molar-refractivity contribution < 1.29 is 31.5 Å². The van der Waals surface area contributed by atoms with Gasteiger partial charge in [-0.25, -0.2) is 13.4 Å².